The first-order valence-electron chi connectivity index (χ1n) is 10.4. The molecule has 2 N–H and O–H groups in total. The Morgan fingerprint density at radius 2 is 2.10 bits per heavy atom. The number of benzene rings is 1. The van der Waals surface area contributed by atoms with Crippen LogP contribution in [-0.2, 0) is 11.3 Å². The van der Waals surface area contributed by atoms with Crippen molar-refractivity contribution in [2.45, 2.75) is 32.7 Å². The zero-order valence-electron chi connectivity index (χ0n) is 17.6. The summed E-state index contributed by atoms with van der Waals surface area (Å²) in [6.07, 6.45) is 5.72. The summed E-state index contributed by atoms with van der Waals surface area (Å²) in [4.78, 5) is 31.0. The quantitative estimate of drug-likeness (QED) is 0.729. The second-order valence-corrected chi connectivity index (χ2v) is 7.67. The maximum Gasteiger partial charge on any atom is 0.321 e. The van der Waals surface area contributed by atoms with Crippen LogP contribution in [0.1, 0.15) is 31.7 Å². The number of methoxy groups -OCH3 is 1. The molecule has 1 saturated heterocycles. The average molecular weight is 411 g/mol. The van der Waals surface area contributed by atoms with Crippen LogP contribution < -0.4 is 15.4 Å². The third-order valence-electron chi connectivity index (χ3n) is 5.68. The molecule has 0 radical (unpaired) electrons. The lowest BCUT2D eigenvalue weighted by Crippen LogP contribution is -2.46. The molecule has 1 fully saturated rings. The number of hydrogen-bond donors (Lipinski definition) is 2. The van der Waals surface area contributed by atoms with Gasteiger partial charge in [-0.3, -0.25) is 9.78 Å². The van der Waals surface area contributed by atoms with E-state index in [0.29, 0.717) is 43.4 Å². The van der Waals surface area contributed by atoms with Gasteiger partial charge in [-0.05, 0) is 42.0 Å². The Bertz CT molecular complexity index is 843. The third kappa shape index (κ3) is 5.95. The SMILES string of the molecule is CC[C@H]1CN(C(=O)Nc2cccc(OC)c2)CC[C@H]1CC(=O)NCc1cccnc1. The number of pyridine rings is 1. The molecule has 3 amide bonds. The summed E-state index contributed by atoms with van der Waals surface area (Å²) < 4.78 is 5.21. The van der Waals surface area contributed by atoms with Crippen molar-refractivity contribution in [3.63, 3.8) is 0 Å². The standard InChI is InChI=1S/C23H30N4O3/c1-3-18-16-27(23(29)26-20-7-4-8-21(13-20)30-2)11-9-19(18)12-22(28)25-15-17-6-5-10-24-14-17/h4-8,10,13-14,18-19H,3,9,11-12,15-16H2,1-2H3,(H,25,28)(H,26,29)/t18-,19-/m0/s1. The number of nitrogens with one attached hydrogen (secondary N) is 2. The summed E-state index contributed by atoms with van der Waals surface area (Å²) in [5.74, 6) is 1.34. The van der Waals surface area contributed by atoms with Gasteiger partial charge in [-0.2, -0.15) is 0 Å². The number of nitrogens with zero attached hydrogens (tertiary/aromatic N) is 2. The summed E-state index contributed by atoms with van der Waals surface area (Å²) in [5.41, 5.74) is 1.70. The highest BCUT2D eigenvalue weighted by atomic mass is 16.5. The molecular weight excluding hydrogens is 380 g/mol. The smallest absolute Gasteiger partial charge is 0.321 e. The highest BCUT2D eigenvalue weighted by Gasteiger charge is 2.31. The van der Waals surface area contributed by atoms with E-state index in [2.05, 4.69) is 22.5 Å². The van der Waals surface area contributed by atoms with E-state index in [-0.39, 0.29) is 17.9 Å². The molecule has 1 aliphatic heterocycles. The summed E-state index contributed by atoms with van der Waals surface area (Å²) >= 11 is 0. The van der Waals surface area contributed by atoms with Crippen LogP contribution in [0, 0.1) is 11.8 Å². The number of anilines is 1. The van der Waals surface area contributed by atoms with Gasteiger partial charge in [0, 0.05) is 50.2 Å². The van der Waals surface area contributed by atoms with E-state index in [1.807, 2.05) is 35.2 Å². The molecular formula is C23H30N4O3. The molecule has 0 bridgehead atoms. The maximum absolute atomic E-state index is 12.7. The molecule has 160 valence electrons. The van der Waals surface area contributed by atoms with Crippen molar-refractivity contribution >= 4 is 17.6 Å². The molecule has 2 atom stereocenters. The van der Waals surface area contributed by atoms with Crippen molar-refractivity contribution in [1.82, 2.24) is 15.2 Å². The first-order chi connectivity index (χ1) is 14.6. The van der Waals surface area contributed by atoms with Gasteiger partial charge in [0.15, 0.2) is 0 Å². The molecule has 0 unspecified atom stereocenters. The molecule has 7 nitrogen and oxygen atoms in total. The van der Waals surface area contributed by atoms with Gasteiger partial charge in [-0.15, -0.1) is 0 Å². The number of likely N-dealkylation sites (tertiary alicyclic amines) is 1. The normalized spacial score (nSPS) is 18.5. The third-order valence-corrected chi connectivity index (χ3v) is 5.68. The lowest BCUT2D eigenvalue weighted by molar-refractivity contribution is -0.123. The molecule has 7 heteroatoms. The van der Waals surface area contributed by atoms with Crippen LogP contribution in [0.15, 0.2) is 48.8 Å². The van der Waals surface area contributed by atoms with Crippen LogP contribution in [0.3, 0.4) is 0 Å². The zero-order chi connectivity index (χ0) is 21.3. The van der Waals surface area contributed by atoms with Gasteiger partial charge in [0.1, 0.15) is 5.75 Å². The Labute approximate surface area is 177 Å². The molecule has 0 spiro atoms. The number of hydrogen-bond acceptors (Lipinski definition) is 4. The molecule has 2 heterocycles. The molecule has 3 rings (SSSR count). The Hall–Kier alpha value is -3.09. The number of carbonyl (C=O) groups is 2. The topological polar surface area (TPSA) is 83.6 Å². The first kappa shape index (κ1) is 21.6. The fourth-order valence-electron chi connectivity index (χ4n) is 3.91. The van der Waals surface area contributed by atoms with Gasteiger partial charge in [-0.1, -0.05) is 25.5 Å². The van der Waals surface area contributed by atoms with Crippen LogP contribution in [0.2, 0.25) is 0 Å². The molecule has 1 aromatic heterocycles. The summed E-state index contributed by atoms with van der Waals surface area (Å²) in [6.45, 7) is 3.92. The van der Waals surface area contributed by atoms with Crippen molar-refractivity contribution in [2.75, 3.05) is 25.5 Å². The highest BCUT2D eigenvalue weighted by Crippen LogP contribution is 2.29. The average Bonchev–Trinajstić information content (AvgIpc) is 2.78. The molecule has 2 aromatic rings. The van der Waals surface area contributed by atoms with Gasteiger partial charge < -0.3 is 20.3 Å². The van der Waals surface area contributed by atoms with E-state index in [9.17, 15) is 9.59 Å². The minimum Gasteiger partial charge on any atom is -0.497 e. The zero-order valence-corrected chi connectivity index (χ0v) is 17.6. The first-order valence-corrected chi connectivity index (χ1v) is 10.4. The van der Waals surface area contributed by atoms with E-state index >= 15 is 0 Å². The van der Waals surface area contributed by atoms with Gasteiger partial charge in [-0.25, -0.2) is 4.79 Å². The fraction of sp³-hybridized carbons (Fsp3) is 0.435. The van der Waals surface area contributed by atoms with Crippen molar-refractivity contribution in [1.29, 1.82) is 0 Å². The number of ether oxygens (including phenoxy) is 1. The Morgan fingerprint density at radius 3 is 2.83 bits per heavy atom. The monoisotopic (exact) mass is 410 g/mol. The Morgan fingerprint density at radius 1 is 1.23 bits per heavy atom. The lowest BCUT2D eigenvalue weighted by atomic mass is 9.81. The van der Waals surface area contributed by atoms with Crippen LogP contribution in [0.4, 0.5) is 10.5 Å². The highest BCUT2D eigenvalue weighted by molar-refractivity contribution is 5.89. The minimum absolute atomic E-state index is 0.0524. The molecule has 1 aromatic carbocycles. The Kier molecular flexibility index (Phi) is 7.65. The minimum atomic E-state index is -0.110. The molecule has 0 aliphatic carbocycles. The van der Waals surface area contributed by atoms with Gasteiger partial charge in [0.25, 0.3) is 0 Å². The fourth-order valence-corrected chi connectivity index (χ4v) is 3.91. The summed E-state index contributed by atoms with van der Waals surface area (Å²) in [6, 6.07) is 11.0. The second kappa shape index (κ2) is 10.6. The predicted octanol–water partition coefficient (Wildman–Crippen LogP) is 3.68. The predicted molar refractivity (Wildman–Crippen MR) is 116 cm³/mol. The number of aromatic nitrogens is 1. The second-order valence-electron chi connectivity index (χ2n) is 7.67. The molecule has 0 saturated carbocycles. The van der Waals surface area contributed by atoms with Crippen LogP contribution >= 0.6 is 0 Å². The number of urea groups is 1. The van der Waals surface area contributed by atoms with Crippen LogP contribution in [0.5, 0.6) is 5.75 Å². The summed E-state index contributed by atoms with van der Waals surface area (Å²) in [5, 5.41) is 5.93. The molecule has 30 heavy (non-hydrogen) atoms. The van der Waals surface area contributed by atoms with E-state index < -0.39 is 0 Å². The number of amides is 3. The van der Waals surface area contributed by atoms with Crippen LogP contribution in [0.25, 0.3) is 0 Å². The van der Waals surface area contributed by atoms with Gasteiger partial charge in [0.2, 0.25) is 5.91 Å². The Balaban J connectivity index is 1.50. The largest absolute Gasteiger partial charge is 0.497 e. The maximum atomic E-state index is 12.7. The van der Waals surface area contributed by atoms with Crippen molar-refractivity contribution in [2.24, 2.45) is 11.8 Å². The van der Waals surface area contributed by atoms with Crippen molar-refractivity contribution in [3.8, 4) is 5.75 Å². The van der Waals surface area contributed by atoms with Crippen molar-refractivity contribution < 1.29 is 14.3 Å². The van der Waals surface area contributed by atoms with E-state index in [1.165, 1.54) is 0 Å². The van der Waals surface area contributed by atoms with E-state index in [1.54, 1.807) is 25.6 Å². The van der Waals surface area contributed by atoms with E-state index in [0.717, 1.165) is 18.4 Å². The summed E-state index contributed by atoms with van der Waals surface area (Å²) in [7, 11) is 1.60. The van der Waals surface area contributed by atoms with Crippen molar-refractivity contribution in [3.05, 3.63) is 54.4 Å². The molecule has 1 aliphatic rings. The number of carbonyl (C=O) groups excluding carboxylic acids is 2. The van der Waals surface area contributed by atoms with Gasteiger partial charge in [0.05, 0.1) is 7.11 Å². The van der Waals surface area contributed by atoms with E-state index in [4.69, 9.17) is 4.74 Å². The number of rotatable bonds is 7. The number of piperidine rings is 1. The van der Waals surface area contributed by atoms with Gasteiger partial charge >= 0.3 is 6.03 Å². The van der Waals surface area contributed by atoms with Crippen LogP contribution in [-0.4, -0.2) is 42.0 Å². The lowest BCUT2D eigenvalue weighted by Gasteiger charge is -2.38.